The van der Waals surface area contributed by atoms with Crippen LogP contribution in [0, 0.1) is 5.41 Å². The Bertz CT molecular complexity index is 386. The lowest BCUT2D eigenvalue weighted by molar-refractivity contribution is 0.00820. The molecule has 26 heavy (non-hydrogen) atoms. The van der Waals surface area contributed by atoms with Gasteiger partial charge in [-0.05, 0) is 37.7 Å². The smallest absolute Gasteiger partial charge is 0.190 e. The van der Waals surface area contributed by atoms with Crippen molar-refractivity contribution in [3.8, 4) is 0 Å². The van der Waals surface area contributed by atoms with Gasteiger partial charge in [0.05, 0.1) is 13.2 Å². The number of ether oxygens (including phenoxy) is 1. The third-order valence-corrected chi connectivity index (χ3v) is 6.20. The third kappa shape index (κ3) is 8.97. The number of nitrogens with one attached hydrogen (secondary N) is 2. The van der Waals surface area contributed by atoms with Crippen LogP contribution in [0.5, 0.6) is 0 Å². The molecule has 5 nitrogen and oxygen atoms in total. The maximum atomic E-state index is 5.52. The summed E-state index contributed by atoms with van der Waals surface area (Å²) in [5, 5.41) is 7.12. The van der Waals surface area contributed by atoms with E-state index in [2.05, 4.69) is 26.8 Å². The maximum Gasteiger partial charge on any atom is 0.190 e. The molecule has 0 aromatic heterocycles. The van der Waals surface area contributed by atoms with E-state index in [1.165, 1.54) is 57.2 Å². The highest BCUT2D eigenvalue weighted by atomic mass is 127. The zero-order valence-corrected chi connectivity index (χ0v) is 19.9. The first-order chi connectivity index (χ1) is 12.3. The van der Waals surface area contributed by atoms with Gasteiger partial charge in [0.15, 0.2) is 5.96 Å². The molecule has 2 fully saturated rings. The Hall–Kier alpha value is 0.270. The molecule has 0 atom stereocenters. The monoisotopic (exact) mass is 498 g/mol. The van der Waals surface area contributed by atoms with Crippen LogP contribution in [-0.2, 0) is 4.74 Å². The van der Waals surface area contributed by atoms with E-state index in [1.807, 2.05) is 18.8 Å². The highest BCUT2D eigenvalue weighted by Gasteiger charge is 2.34. The van der Waals surface area contributed by atoms with Gasteiger partial charge in [0.25, 0.3) is 0 Å². The molecular weight excluding hydrogens is 459 g/mol. The molecule has 1 aliphatic carbocycles. The van der Waals surface area contributed by atoms with E-state index in [-0.39, 0.29) is 24.0 Å². The summed E-state index contributed by atoms with van der Waals surface area (Å²) in [6.45, 7) is 7.21. The van der Waals surface area contributed by atoms with Crippen molar-refractivity contribution in [2.45, 2.75) is 44.9 Å². The summed E-state index contributed by atoms with van der Waals surface area (Å²) in [5.74, 6) is 2.21. The molecule has 154 valence electrons. The maximum absolute atomic E-state index is 5.52. The number of morpholine rings is 1. The quantitative estimate of drug-likeness (QED) is 0.221. The minimum absolute atomic E-state index is 0. The summed E-state index contributed by atoms with van der Waals surface area (Å²) in [5.41, 5.74) is 0.395. The second kappa shape index (κ2) is 14.3. The second-order valence-electron chi connectivity index (χ2n) is 7.50. The highest BCUT2D eigenvalue weighted by molar-refractivity contribution is 14.0. The standard InChI is InChI=1S/C19H38N4OS.HI/c1-20-18(21-10-6-7-15-25-2)22-16-19(8-4-3-5-9-19)17-23-11-13-24-14-12-23;/h3-17H2,1-2H3,(H2,20,21,22);1H. The normalized spacial score (nSPS) is 21.1. The molecule has 2 aliphatic rings. The van der Waals surface area contributed by atoms with Crippen LogP contribution >= 0.6 is 35.7 Å². The van der Waals surface area contributed by atoms with Crippen molar-refractivity contribution in [2.24, 2.45) is 10.4 Å². The Morgan fingerprint density at radius 1 is 1.12 bits per heavy atom. The van der Waals surface area contributed by atoms with E-state index in [9.17, 15) is 0 Å². The van der Waals surface area contributed by atoms with Gasteiger partial charge in [-0.3, -0.25) is 9.89 Å². The first-order valence-electron chi connectivity index (χ1n) is 10.0. The predicted molar refractivity (Wildman–Crippen MR) is 125 cm³/mol. The zero-order chi connectivity index (χ0) is 17.8. The lowest BCUT2D eigenvalue weighted by Crippen LogP contribution is -2.51. The van der Waals surface area contributed by atoms with E-state index in [1.54, 1.807) is 0 Å². The fourth-order valence-electron chi connectivity index (χ4n) is 4.00. The van der Waals surface area contributed by atoms with Crippen molar-refractivity contribution >= 4 is 41.7 Å². The largest absolute Gasteiger partial charge is 0.379 e. The molecule has 7 heteroatoms. The topological polar surface area (TPSA) is 48.9 Å². The van der Waals surface area contributed by atoms with Crippen LogP contribution in [0.2, 0.25) is 0 Å². The summed E-state index contributed by atoms with van der Waals surface area (Å²) < 4.78 is 5.52. The van der Waals surface area contributed by atoms with Crippen LogP contribution < -0.4 is 10.6 Å². The van der Waals surface area contributed by atoms with Crippen LogP contribution in [-0.4, -0.2) is 75.9 Å². The van der Waals surface area contributed by atoms with Crippen molar-refractivity contribution in [2.75, 3.05) is 65.0 Å². The van der Waals surface area contributed by atoms with Crippen LogP contribution in [0.3, 0.4) is 0 Å². The molecule has 1 aliphatic heterocycles. The van der Waals surface area contributed by atoms with Crippen LogP contribution in [0.1, 0.15) is 44.9 Å². The molecule has 0 amide bonds. The molecule has 1 saturated carbocycles. The van der Waals surface area contributed by atoms with Gasteiger partial charge in [0.2, 0.25) is 0 Å². The fourth-order valence-corrected chi connectivity index (χ4v) is 4.49. The molecule has 0 bridgehead atoms. The number of rotatable bonds is 9. The highest BCUT2D eigenvalue weighted by Crippen LogP contribution is 2.36. The molecule has 0 unspecified atom stereocenters. The average Bonchev–Trinajstić information content (AvgIpc) is 2.65. The van der Waals surface area contributed by atoms with Crippen LogP contribution in [0.15, 0.2) is 4.99 Å². The fraction of sp³-hybridized carbons (Fsp3) is 0.947. The molecule has 0 aromatic rings. The van der Waals surface area contributed by atoms with Crippen LogP contribution in [0.4, 0.5) is 0 Å². The van der Waals surface area contributed by atoms with Gasteiger partial charge in [-0.25, -0.2) is 0 Å². The summed E-state index contributed by atoms with van der Waals surface area (Å²) in [4.78, 5) is 7.03. The van der Waals surface area contributed by atoms with Crippen molar-refractivity contribution in [3.05, 3.63) is 0 Å². The Labute approximate surface area is 181 Å². The Kier molecular flexibility index (Phi) is 13.4. The molecular formula is C19H39IN4OS. The van der Waals surface area contributed by atoms with Gasteiger partial charge >= 0.3 is 0 Å². The molecule has 1 heterocycles. The predicted octanol–water partition coefficient (Wildman–Crippen LogP) is 3.20. The summed E-state index contributed by atoms with van der Waals surface area (Å²) in [6.07, 6.45) is 11.5. The van der Waals surface area contributed by atoms with E-state index in [0.29, 0.717) is 5.41 Å². The Morgan fingerprint density at radius 2 is 1.85 bits per heavy atom. The number of unbranched alkanes of at least 4 members (excludes halogenated alkanes) is 1. The molecule has 1 saturated heterocycles. The van der Waals surface area contributed by atoms with Gasteiger partial charge in [-0.15, -0.1) is 24.0 Å². The minimum atomic E-state index is 0. The first-order valence-corrected chi connectivity index (χ1v) is 11.4. The first kappa shape index (κ1) is 24.3. The molecule has 2 rings (SSSR count). The number of nitrogens with zero attached hydrogens (tertiary/aromatic N) is 2. The molecule has 0 aromatic carbocycles. The van der Waals surface area contributed by atoms with Crippen molar-refractivity contribution in [3.63, 3.8) is 0 Å². The van der Waals surface area contributed by atoms with E-state index in [4.69, 9.17) is 4.74 Å². The number of hydrogen-bond acceptors (Lipinski definition) is 4. The number of aliphatic imine (C=N–C) groups is 1. The van der Waals surface area contributed by atoms with Crippen molar-refractivity contribution in [1.82, 2.24) is 15.5 Å². The van der Waals surface area contributed by atoms with Gasteiger partial charge in [-0.1, -0.05) is 19.3 Å². The third-order valence-electron chi connectivity index (χ3n) is 5.50. The Morgan fingerprint density at radius 3 is 2.50 bits per heavy atom. The van der Waals surface area contributed by atoms with Gasteiger partial charge in [0.1, 0.15) is 0 Å². The average molecular weight is 499 g/mol. The SMILES string of the molecule is CN=C(NCCCCSC)NCC1(CN2CCOCC2)CCCCC1.I. The summed E-state index contributed by atoms with van der Waals surface area (Å²) in [6, 6.07) is 0. The number of halogens is 1. The molecule has 2 N–H and O–H groups in total. The van der Waals surface area contributed by atoms with Gasteiger partial charge < -0.3 is 15.4 Å². The number of guanidine groups is 1. The van der Waals surface area contributed by atoms with Gasteiger partial charge in [-0.2, -0.15) is 11.8 Å². The van der Waals surface area contributed by atoms with Crippen molar-refractivity contribution in [1.29, 1.82) is 0 Å². The zero-order valence-electron chi connectivity index (χ0n) is 16.7. The van der Waals surface area contributed by atoms with E-state index >= 15 is 0 Å². The molecule has 0 spiro atoms. The van der Waals surface area contributed by atoms with Crippen molar-refractivity contribution < 1.29 is 4.74 Å². The van der Waals surface area contributed by atoms with E-state index < -0.39 is 0 Å². The van der Waals surface area contributed by atoms with E-state index in [0.717, 1.165) is 45.4 Å². The lowest BCUT2D eigenvalue weighted by atomic mass is 9.73. The Balaban J connectivity index is 0.00000338. The summed E-state index contributed by atoms with van der Waals surface area (Å²) in [7, 11) is 1.88. The lowest BCUT2D eigenvalue weighted by Gasteiger charge is -2.42. The minimum Gasteiger partial charge on any atom is -0.379 e. The molecule has 0 radical (unpaired) electrons. The van der Waals surface area contributed by atoms with Crippen LogP contribution in [0.25, 0.3) is 0 Å². The number of hydrogen-bond donors (Lipinski definition) is 2. The summed E-state index contributed by atoms with van der Waals surface area (Å²) >= 11 is 1.92. The number of thioether (sulfide) groups is 1. The van der Waals surface area contributed by atoms with Gasteiger partial charge in [0, 0.05) is 45.2 Å². The second-order valence-corrected chi connectivity index (χ2v) is 8.49.